The van der Waals surface area contributed by atoms with Gasteiger partial charge in [0.25, 0.3) is 5.91 Å². The van der Waals surface area contributed by atoms with Gasteiger partial charge >= 0.3 is 0 Å². The Morgan fingerprint density at radius 1 is 1.45 bits per heavy atom. The highest BCUT2D eigenvalue weighted by Gasteiger charge is 2.18. The number of carbonyl (C=O) groups is 1. The minimum atomic E-state index is -3.90. The van der Waals surface area contributed by atoms with Gasteiger partial charge in [0.05, 0.1) is 17.8 Å². The molecule has 0 aliphatic carbocycles. The van der Waals surface area contributed by atoms with E-state index in [9.17, 15) is 13.2 Å². The molecule has 22 heavy (non-hydrogen) atoms. The maximum absolute atomic E-state index is 12.4. The Morgan fingerprint density at radius 2 is 2.18 bits per heavy atom. The number of aryl methyl sites for hydroxylation is 1. The fraction of sp³-hybridized carbons (Fsp3) is 0.308. The van der Waals surface area contributed by atoms with E-state index in [0.29, 0.717) is 18.8 Å². The lowest BCUT2D eigenvalue weighted by Crippen LogP contribution is -2.31. The number of pyridine rings is 1. The summed E-state index contributed by atoms with van der Waals surface area (Å²) in [4.78, 5) is 17.7. The summed E-state index contributed by atoms with van der Waals surface area (Å²) in [6.07, 6.45) is 4.60. The fourth-order valence-corrected chi connectivity index (χ4v) is 2.36. The third kappa shape index (κ3) is 3.68. The second kappa shape index (κ2) is 6.24. The topological polar surface area (TPSA) is 111 Å². The van der Waals surface area contributed by atoms with Gasteiger partial charge in [0, 0.05) is 32.2 Å². The van der Waals surface area contributed by atoms with E-state index >= 15 is 0 Å². The van der Waals surface area contributed by atoms with E-state index < -0.39 is 10.0 Å². The maximum Gasteiger partial charge on any atom is 0.255 e. The number of aromatic nitrogens is 3. The van der Waals surface area contributed by atoms with E-state index in [1.54, 1.807) is 37.1 Å². The number of sulfonamides is 1. The van der Waals surface area contributed by atoms with Crippen molar-refractivity contribution in [1.82, 2.24) is 19.7 Å². The molecule has 0 fully saturated rings. The van der Waals surface area contributed by atoms with Crippen LogP contribution in [-0.4, -0.2) is 47.6 Å². The molecule has 0 saturated heterocycles. The first-order valence-corrected chi connectivity index (χ1v) is 8.06. The van der Waals surface area contributed by atoms with Crippen LogP contribution >= 0.6 is 0 Å². The van der Waals surface area contributed by atoms with E-state index in [2.05, 4.69) is 10.1 Å². The first-order valence-electron chi connectivity index (χ1n) is 6.51. The van der Waals surface area contributed by atoms with Gasteiger partial charge in [0.2, 0.25) is 10.0 Å². The predicted molar refractivity (Wildman–Crippen MR) is 79.5 cm³/mol. The van der Waals surface area contributed by atoms with Crippen LogP contribution in [0.4, 0.5) is 0 Å². The standard InChI is InChI=1S/C13H17N5O3S/c1-10-12(8-11(9-15-10)22(14,20)21)13(19)17(2)6-7-18-5-3-4-16-18/h3-5,8-9H,6-7H2,1-2H3,(H2,14,20,21). The molecule has 1 amide bonds. The Balaban J connectivity index is 2.17. The summed E-state index contributed by atoms with van der Waals surface area (Å²) in [6, 6.07) is 3.05. The molecule has 2 aromatic heterocycles. The Hall–Kier alpha value is -2.26. The van der Waals surface area contributed by atoms with Crippen molar-refractivity contribution >= 4 is 15.9 Å². The number of primary sulfonamides is 1. The van der Waals surface area contributed by atoms with Gasteiger partial charge in [0.1, 0.15) is 4.90 Å². The summed E-state index contributed by atoms with van der Waals surface area (Å²) >= 11 is 0. The number of nitrogens with zero attached hydrogens (tertiary/aromatic N) is 4. The minimum absolute atomic E-state index is 0.179. The summed E-state index contributed by atoms with van der Waals surface area (Å²) in [5, 5.41) is 9.13. The maximum atomic E-state index is 12.4. The number of hydrogen-bond donors (Lipinski definition) is 1. The molecule has 0 aliphatic heterocycles. The molecule has 2 heterocycles. The second-order valence-electron chi connectivity index (χ2n) is 4.84. The highest BCUT2D eigenvalue weighted by molar-refractivity contribution is 7.89. The molecule has 0 spiro atoms. The zero-order valence-corrected chi connectivity index (χ0v) is 13.1. The lowest BCUT2D eigenvalue weighted by Gasteiger charge is -2.18. The number of amides is 1. The average Bonchev–Trinajstić information content (AvgIpc) is 2.96. The van der Waals surface area contributed by atoms with Crippen molar-refractivity contribution in [2.24, 2.45) is 5.14 Å². The van der Waals surface area contributed by atoms with Gasteiger partial charge in [-0.15, -0.1) is 0 Å². The molecule has 0 atom stereocenters. The van der Waals surface area contributed by atoms with Gasteiger partial charge in [-0.3, -0.25) is 14.5 Å². The number of rotatable bonds is 5. The van der Waals surface area contributed by atoms with Gasteiger partial charge in [-0.2, -0.15) is 5.10 Å². The van der Waals surface area contributed by atoms with Crippen LogP contribution < -0.4 is 5.14 Å². The van der Waals surface area contributed by atoms with E-state index in [-0.39, 0.29) is 16.4 Å². The highest BCUT2D eigenvalue weighted by atomic mass is 32.2. The molecule has 0 aromatic carbocycles. The molecule has 0 aliphatic rings. The smallest absolute Gasteiger partial charge is 0.255 e. The summed E-state index contributed by atoms with van der Waals surface area (Å²) in [5.41, 5.74) is 0.665. The van der Waals surface area contributed by atoms with Crippen LogP contribution in [0, 0.1) is 6.92 Å². The largest absolute Gasteiger partial charge is 0.340 e. The summed E-state index contributed by atoms with van der Waals surface area (Å²) < 4.78 is 24.4. The third-order valence-electron chi connectivity index (χ3n) is 3.19. The van der Waals surface area contributed by atoms with Crippen LogP contribution in [0.25, 0.3) is 0 Å². The van der Waals surface area contributed by atoms with Gasteiger partial charge < -0.3 is 4.90 Å². The molecule has 9 heteroatoms. The second-order valence-corrected chi connectivity index (χ2v) is 6.41. The number of likely N-dealkylation sites (N-methyl/N-ethyl adjacent to an activating group) is 1. The van der Waals surface area contributed by atoms with Crippen LogP contribution in [0.15, 0.2) is 35.6 Å². The zero-order valence-electron chi connectivity index (χ0n) is 12.3. The first-order chi connectivity index (χ1) is 10.3. The summed E-state index contributed by atoms with van der Waals surface area (Å²) in [7, 11) is -2.26. The van der Waals surface area contributed by atoms with E-state index in [1.807, 2.05) is 0 Å². The predicted octanol–water partition coefficient (Wildman–Crippen LogP) is 0.00612. The van der Waals surface area contributed by atoms with Crippen molar-refractivity contribution in [3.63, 3.8) is 0 Å². The monoisotopic (exact) mass is 323 g/mol. The normalized spacial score (nSPS) is 11.4. The third-order valence-corrected chi connectivity index (χ3v) is 4.07. The molecule has 0 radical (unpaired) electrons. The molecule has 0 saturated carbocycles. The van der Waals surface area contributed by atoms with E-state index in [1.165, 1.54) is 11.0 Å². The molecule has 2 N–H and O–H groups in total. The molecular weight excluding hydrogens is 306 g/mol. The molecule has 0 unspecified atom stereocenters. The van der Waals surface area contributed by atoms with Crippen LogP contribution in [0.5, 0.6) is 0 Å². The molecule has 2 aromatic rings. The number of nitrogens with two attached hydrogens (primary N) is 1. The Morgan fingerprint density at radius 3 is 2.77 bits per heavy atom. The number of carbonyl (C=O) groups excluding carboxylic acids is 1. The summed E-state index contributed by atoms with van der Waals surface area (Å²) in [6.45, 7) is 2.61. The van der Waals surface area contributed by atoms with Crippen molar-refractivity contribution in [2.45, 2.75) is 18.4 Å². The first kappa shape index (κ1) is 16.1. The van der Waals surface area contributed by atoms with Crippen molar-refractivity contribution in [1.29, 1.82) is 0 Å². The van der Waals surface area contributed by atoms with E-state index in [0.717, 1.165) is 6.20 Å². The Kier molecular flexibility index (Phi) is 4.57. The zero-order chi connectivity index (χ0) is 16.3. The van der Waals surface area contributed by atoms with Crippen molar-refractivity contribution in [2.75, 3.05) is 13.6 Å². The van der Waals surface area contributed by atoms with Gasteiger partial charge in [-0.05, 0) is 19.1 Å². The summed E-state index contributed by atoms with van der Waals surface area (Å²) in [5.74, 6) is -0.317. The lowest BCUT2D eigenvalue weighted by molar-refractivity contribution is 0.0787. The van der Waals surface area contributed by atoms with Crippen LogP contribution in [-0.2, 0) is 16.6 Å². The highest BCUT2D eigenvalue weighted by Crippen LogP contribution is 2.13. The van der Waals surface area contributed by atoms with Crippen molar-refractivity contribution in [3.05, 3.63) is 42.0 Å². The average molecular weight is 323 g/mol. The van der Waals surface area contributed by atoms with Gasteiger partial charge in [-0.1, -0.05) is 0 Å². The molecule has 118 valence electrons. The Bertz CT molecular complexity index is 771. The van der Waals surface area contributed by atoms with Crippen molar-refractivity contribution in [3.8, 4) is 0 Å². The molecule has 2 rings (SSSR count). The van der Waals surface area contributed by atoms with Gasteiger partial charge in [0.15, 0.2) is 0 Å². The molecule has 8 nitrogen and oxygen atoms in total. The van der Waals surface area contributed by atoms with Crippen molar-refractivity contribution < 1.29 is 13.2 Å². The fourth-order valence-electron chi connectivity index (χ4n) is 1.88. The van der Waals surface area contributed by atoms with Crippen LogP contribution in [0.3, 0.4) is 0 Å². The number of hydrogen-bond acceptors (Lipinski definition) is 5. The minimum Gasteiger partial charge on any atom is -0.340 e. The SMILES string of the molecule is Cc1ncc(S(N)(=O)=O)cc1C(=O)N(C)CCn1cccn1. The Labute approximate surface area is 128 Å². The quantitative estimate of drug-likeness (QED) is 0.833. The van der Waals surface area contributed by atoms with Crippen LogP contribution in [0.2, 0.25) is 0 Å². The molecule has 0 bridgehead atoms. The molecular formula is C13H17N5O3S. The van der Waals surface area contributed by atoms with Crippen LogP contribution in [0.1, 0.15) is 16.1 Å². The lowest BCUT2D eigenvalue weighted by atomic mass is 10.2. The van der Waals surface area contributed by atoms with Gasteiger partial charge in [-0.25, -0.2) is 13.6 Å². The van der Waals surface area contributed by atoms with E-state index in [4.69, 9.17) is 5.14 Å².